The normalized spacial score (nSPS) is 17.2. The van der Waals surface area contributed by atoms with Crippen molar-refractivity contribution in [3.8, 4) is 0 Å². The highest BCUT2D eigenvalue weighted by Crippen LogP contribution is 2.21. The Morgan fingerprint density at radius 2 is 1.75 bits per heavy atom. The average Bonchev–Trinajstić information content (AvgIpc) is 2.98. The Bertz CT molecular complexity index is 778. The third kappa shape index (κ3) is 3.38. The summed E-state index contributed by atoms with van der Waals surface area (Å²) in [5, 5.41) is 4.17. The molecule has 0 atom stereocenters. The minimum atomic E-state index is -3.45. The first kappa shape index (κ1) is 17.1. The van der Waals surface area contributed by atoms with Crippen molar-refractivity contribution >= 4 is 10.0 Å². The fourth-order valence-electron chi connectivity index (χ4n) is 3.11. The monoisotopic (exact) mass is 348 g/mol. The minimum absolute atomic E-state index is 0.334. The van der Waals surface area contributed by atoms with E-state index in [0.717, 1.165) is 19.6 Å². The van der Waals surface area contributed by atoms with Crippen LogP contribution in [0.25, 0.3) is 0 Å². The maximum absolute atomic E-state index is 12.9. The van der Waals surface area contributed by atoms with E-state index in [1.54, 1.807) is 8.99 Å². The molecule has 2 aromatic rings. The lowest BCUT2D eigenvalue weighted by Gasteiger charge is -2.33. The smallest absolute Gasteiger partial charge is 0.246 e. The molecule has 0 N–H and O–H groups in total. The van der Waals surface area contributed by atoms with Gasteiger partial charge in [-0.2, -0.15) is 9.40 Å². The number of rotatable bonds is 5. The lowest BCUT2D eigenvalue weighted by molar-refractivity contribution is 0.181. The summed E-state index contributed by atoms with van der Waals surface area (Å²) in [7, 11) is -3.45. The van der Waals surface area contributed by atoms with Gasteiger partial charge in [0, 0.05) is 39.3 Å². The second-order valence-electron chi connectivity index (χ2n) is 6.08. The molecule has 6 nitrogen and oxygen atoms in total. The van der Waals surface area contributed by atoms with Crippen LogP contribution < -0.4 is 0 Å². The third-order valence-electron chi connectivity index (χ3n) is 4.56. The van der Waals surface area contributed by atoms with Crippen LogP contribution >= 0.6 is 0 Å². The Labute approximate surface area is 143 Å². The predicted octanol–water partition coefficient (Wildman–Crippen LogP) is 1.72. The zero-order chi connectivity index (χ0) is 17.2. The van der Waals surface area contributed by atoms with Gasteiger partial charge in [-0.25, -0.2) is 8.42 Å². The molecule has 24 heavy (non-hydrogen) atoms. The molecule has 130 valence electrons. The van der Waals surface area contributed by atoms with E-state index in [9.17, 15) is 8.42 Å². The van der Waals surface area contributed by atoms with Crippen molar-refractivity contribution in [2.75, 3.05) is 26.2 Å². The van der Waals surface area contributed by atoms with E-state index in [4.69, 9.17) is 0 Å². The number of hydrogen-bond donors (Lipinski definition) is 0. The zero-order valence-corrected chi connectivity index (χ0v) is 15.0. The second kappa shape index (κ2) is 7.04. The maximum atomic E-state index is 12.9. The number of aryl methyl sites for hydroxylation is 1. The Balaban J connectivity index is 1.66. The van der Waals surface area contributed by atoms with Gasteiger partial charge in [0.1, 0.15) is 4.90 Å². The van der Waals surface area contributed by atoms with Gasteiger partial charge in [0.15, 0.2) is 0 Å². The Morgan fingerprint density at radius 1 is 1.08 bits per heavy atom. The Morgan fingerprint density at radius 3 is 2.33 bits per heavy atom. The average molecular weight is 348 g/mol. The molecule has 1 aromatic heterocycles. The van der Waals surface area contributed by atoms with E-state index >= 15 is 0 Å². The van der Waals surface area contributed by atoms with Gasteiger partial charge in [-0.15, -0.1) is 0 Å². The highest BCUT2D eigenvalue weighted by Gasteiger charge is 2.31. The number of sulfonamides is 1. The molecule has 1 aliphatic rings. The van der Waals surface area contributed by atoms with E-state index < -0.39 is 10.0 Å². The molecule has 0 unspecified atom stereocenters. The SMILES string of the molecule is CCn1ncc(S(=O)(=O)N2CCN(Cc3ccccc3)CC2)c1C. The zero-order valence-electron chi connectivity index (χ0n) is 14.2. The second-order valence-corrected chi connectivity index (χ2v) is 7.98. The van der Waals surface area contributed by atoms with Gasteiger partial charge in [-0.1, -0.05) is 30.3 Å². The van der Waals surface area contributed by atoms with Crippen molar-refractivity contribution in [1.82, 2.24) is 19.0 Å². The molecule has 0 saturated carbocycles. The van der Waals surface area contributed by atoms with Crippen LogP contribution in [0.3, 0.4) is 0 Å². The molecule has 0 amide bonds. The van der Waals surface area contributed by atoms with Crippen molar-refractivity contribution < 1.29 is 8.42 Å². The van der Waals surface area contributed by atoms with E-state index in [1.807, 2.05) is 32.0 Å². The van der Waals surface area contributed by atoms with Crippen molar-refractivity contribution in [1.29, 1.82) is 0 Å². The first-order valence-electron chi connectivity index (χ1n) is 8.31. The molecular formula is C17H24N4O2S. The first-order valence-corrected chi connectivity index (χ1v) is 9.75. The van der Waals surface area contributed by atoms with Gasteiger partial charge in [-0.3, -0.25) is 9.58 Å². The summed E-state index contributed by atoms with van der Waals surface area (Å²) in [6.45, 7) is 7.84. The quantitative estimate of drug-likeness (QED) is 0.825. The third-order valence-corrected chi connectivity index (χ3v) is 6.56. The molecule has 1 saturated heterocycles. The van der Waals surface area contributed by atoms with Gasteiger partial charge in [0.05, 0.1) is 11.9 Å². The van der Waals surface area contributed by atoms with Gasteiger partial charge in [0.2, 0.25) is 10.0 Å². The first-order chi connectivity index (χ1) is 11.5. The van der Waals surface area contributed by atoms with Gasteiger partial charge >= 0.3 is 0 Å². The van der Waals surface area contributed by atoms with Crippen LogP contribution in [0.1, 0.15) is 18.2 Å². The molecular weight excluding hydrogens is 324 g/mol. The van der Waals surface area contributed by atoms with E-state index in [0.29, 0.717) is 30.2 Å². The summed E-state index contributed by atoms with van der Waals surface area (Å²) in [5.74, 6) is 0. The fraction of sp³-hybridized carbons (Fsp3) is 0.471. The molecule has 3 rings (SSSR count). The number of hydrogen-bond acceptors (Lipinski definition) is 4. The maximum Gasteiger partial charge on any atom is 0.246 e. The standard InChI is InChI=1S/C17H24N4O2S/c1-3-21-15(2)17(13-18-21)24(22,23)20-11-9-19(10-12-20)14-16-7-5-4-6-8-16/h4-8,13H,3,9-12,14H2,1-2H3. The van der Waals surface area contributed by atoms with Crippen molar-refractivity contribution in [2.45, 2.75) is 31.8 Å². The molecule has 0 radical (unpaired) electrons. The predicted molar refractivity (Wildman–Crippen MR) is 93.1 cm³/mol. The largest absolute Gasteiger partial charge is 0.296 e. The van der Waals surface area contributed by atoms with E-state index in [2.05, 4.69) is 22.1 Å². The van der Waals surface area contributed by atoms with Crippen LogP contribution in [-0.4, -0.2) is 53.6 Å². The number of aromatic nitrogens is 2. The highest BCUT2D eigenvalue weighted by molar-refractivity contribution is 7.89. The molecule has 0 aliphatic carbocycles. The van der Waals surface area contributed by atoms with Crippen LogP contribution in [-0.2, 0) is 23.1 Å². The summed E-state index contributed by atoms with van der Waals surface area (Å²) in [5.41, 5.74) is 1.97. The molecule has 0 spiro atoms. The molecule has 2 heterocycles. The van der Waals surface area contributed by atoms with E-state index in [1.165, 1.54) is 11.8 Å². The molecule has 1 aromatic carbocycles. The van der Waals surface area contributed by atoms with E-state index in [-0.39, 0.29) is 0 Å². The van der Waals surface area contributed by atoms with Crippen molar-refractivity contribution in [3.05, 3.63) is 47.8 Å². The molecule has 7 heteroatoms. The Hall–Kier alpha value is -1.70. The Kier molecular flexibility index (Phi) is 5.03. The topological polar surface area (TPSA) is 58.4 Å². The molecule has 1 aliphatic heterocycles. The summed E-state index contributed by atoms with van der Waals surface area (Å²) in [6.07, 6.45) is 1.48. The summed E-state index contributed by atoms with van der Waals surface area (Å²) in [4.78, 5) is 2.63. The van der Waals surface area contributed by atoms with Crippen LogP contribution in [0.5, 0.6) is 0 Å². The number of benzene rings is 1. The van der Waals surface area contributed by atoms with Gasteiger partial charge in [0.25, 0.3) is 0 Å². The van der Waals surface area contributed by atoms with Crippen LogP contribution in [0.2, 0.25) is 0 Å². The number of nitrogens with zero attached hydrogens (tertiary/aromatic N) is 4. The van der Waals surface area contributed by atoms with Gasteiger partial charge < -0.3 is 0 Å². The lowest BCUT2D eigenvalue weighted by atomic mass is 10.2. The van der Waals surface area contributed by atoms with Crippen LogP contribution in [0.4, 0.5) is 0 Å². The summed E-state index contributed by atoms with van der Waals surface area (Å²) in [6, 6.07) is 10.3. The van der Waals surface area contributed by atoms with Gasteiger partial charge in [-0.05, 0) is 19.4 Å². The molecule has 1 fully saturated rings. The molecule has 0 bridgehead atoms. The fourth-order valence-corrected chi connectivity index (χ4v) is 4.69. The van der Waals surface area contributed by atoms with Crippen molar-refractivity contribution in [3.63, 3.8) is 0 Å². The lowest BCUT2D eigenvalue weighted by Crippen LogP contribution is -2.48. The van der Waals surface area contributed by atoms with Crippen LogP contribution in [0, 0.1) is 6.92 Å². The number of piperazine rings is 1. The van der Waals surface area contributed by atoms with Crippen LogP contribution in [0.15, 0.2) is 41.4 Å². The van der Waals surface area contributed by atoms with Crippen molar-refractivity contribution in [2.24, 2.45) is 0 Å². The summed E-state index contributed by atoms with van der Waals surface area (Å²) < 4.78 is 29.0. The highest BCUT2D eigenvalue weighted by atomic mass is 32.2. The summed E-state index contributed by atoms with van der Waals surface area (Å²) >= 11 is 0. The minimum Gasteiger partial charge on any atom is -0.296 e.